The van der Waals surface area contributed by atoms with E-state index in [1.165, 1.54) is 6.33 Å². The maximum atomic E-state index is 10.7. The molecule has 7 heteroatoms. The molecule has 0 spiro atoms. The lowest BCUT2D eigenvalue weighted by molar-refractivity contribution is 0.589. The summed E-state index contributed by atoms with van der Waals surface area (Å²) in [5, 5.41) is 2.98. The summed E-state index contributed by atoms with van der Waals surface area (Å²) in [4.78, 5) is 7.92. The maximum Gasteiger partial charge on any atom is 0.208 e. The maximum absolute atomic E-state index is 10.7. The molecule has 0 fully saturated rings. The molecule has 0 amide bonds. The number of aromatic nitrogens is 2. The summed E-state index contributed by atoms with van der Waals surface area (Å²) >= 11 is 0. The number of nitrogens with one attached hydrogen (secondary N) is 2. The summed E-state index contributed by atoms with van der Waals surface area (Å²) in [7, 11) is -3.11. The molecule has 0 aliphatic carbocycles. The SMILES string of the molecule is Cc1cc(NCCNS(C)(=O)=O)ncn1. The van der Waals surface area contributed by atoms with Gasteiger partial charge in [-0.1, -0.05) is 0 Å². The van der Waals surface area contributed by atoms with Gasteiger partial charge in [0.2, 0.25) is 10.0 Å². The van der Waals surface area contributed by atoms with E-state index in [1.54, 1.807) is 6.07 Å². The molecule has 0 atom stereocenters. The summed E-state index contributed by atoms with van der Waals surface area (Å²) < 4.78 is 23.8. The van der Waals surface area contributed by atoms with Crippen LogP contribution in [0, 0.1) is 6.92 Å². The Kier molecular flexibility index (Phi) is 3.98. The van der Waals surface area contributed by atoms with E-state index in [-0.39, 0.29) is 0 Å². The van der Waals surface area contributed by atoms with Crippen molar-refractivity contribution in [2.75, 3.05) is 24.7 Å². The van der Waals surface area contributed by atoms with Gasteiger partial charge in [-0.2, -0.15) is 0 Å². The van der Waals surface area contributed by atoms with E-state index < -0.39 is 10.0 Å². The number of hydrogen-bond donors (Lipinski definition) is 2. The molecular formula is C8H14N4O2S. The second-order valence-electron chi connectivity index (χ2n) is 3.14. The van der Waals surface area contributed by atoms with E-state index in [2.05, 4.69) is 20.0 Å². The van der Waals surface area contributed by atoms with Gasteiger partial charge >= 0.3 is 0 Å². The van der Waals surface area contributed by atoms with Crippen molar-refractivity contribution in [1.29, 1.82) is 0 Å². The molecule has 0 bridgehead atoms. The van der Waals surface area contributed by atoms with Crippen LogP contribution >= 0.6 is 0 Å². The van der Waals surface area contributed by atoms with Gasteiger partial charge in [0, 0.05) is 24.8 Å². The highest BCUT2D eigenvalue weighted by atomic mass is 32.2. The van der Waals surface area contributed by atoms with Crippen molar-refractivity contribution in [3.8, 4) is 0 Å². The summed E-state index contributed by atoms with van der Waals surface area (Å²) in [5.41, 5.74) is 0.864. The molecule has 1 aromatic rings. The first-order valence-electron chi connectivity index (χ1n) is 4.44. The average molecular weight is 230 g/mol. The minimum atomic E-state index is -3.11. The van der Waals surface area contributed by atoms with Crippen molar-refractivity contribution in [3.05, 3.63) is 18.1 Å². The third-order valence-corrected chi connectivity index (χ3v) is 2.33. The fraction of sp³-hybridized carbons (Fsp3) is 0.500. The first-order chi connectivity index (χ1) is 6.97. The molecule has 0 radical (unpaired) electrons. The van der Waals surface area contributed by atoms with Crippen molar-refractivity contribution in [1.82, 2.24) is 14.7 Å². The minimum absolute atomic E-state index is 0.335. The Hall–Kier alpha value is -1.21. The number of anilines is 1. The quantitative estimate of drug-likeness (QED) is 0.681. The zero-order valence-corrected chi connectivity index (χ0v) is 9.50. The van der Waals surface area contributed by atoms with Crippen molar-refractivity contribution >= 4 is 15.8 Å². The fourth-order valence-corrected chi connectivity index (χ4v) is 1.45. The topological polar surface area (TPSA) is 84.0 Å². The van der Waals surface area contributed by atoms with Gasteiger partial charge in [-0.05, 0) is 6.92 Å². The summed E-state index contributed by atoms with van der Waals surface area (Å²) in [6.07, 6.45) is 2.59. The van der Waals surface area contributed by atoms with Crippen LogP contribution in [0.15, 0.2) is 12.4 Å². The highest BCUT2D eigenvalue weighted by Gasteiger charge is 1.99. The van der Waals surface area contributed by atoms with Crippen LogP contribution in [0.5, 0.6) is 0 Å². The number of nitrogens with zero attached hydrogens (tertiary/aromatic N) is 2. The van der Waals surface area contributed by atoms with Crippen molar-refractivity contribution in [3.63, 3.8) is 0 Å². The Morgan fingerprint density at radius 3 is 2.67 bits per heavy atom. The number of aryl methyl sites for hydroxylation is 1. The predicted octanol–water partition coefficient (Wildman–Crippen LogP) is -0.254. The lowest BCUT2D eigenvalue weighted by atomic mass is 10.4. The molecule has 0 aliphatic rings. The Balaban J connectivity index is 2.32. The monoisotopic (exact) mass is 230 g/mol. The van der Waals surface area contributed by atoms with Gasteiger partial charge in [-0.3, -0.25) is 0 Å². The molecule has 2 N–H and O–H groups in total. The molecule has 0 aliphatic heterocycles. The van der Waals surface area contributed by atoms with E-state index >= 15 is 0 Å². The van der Waals surface area contributed by atoms with Crippen LogP contribution in [0.1, 0.15) is 5.69 Å². The van der Waals surface area contributed by atoms with Crippen LogP contribution in [-0.2, 0) is 10.0 Å². The molecule has 1 heterocycles. The minimum Gasteiger partial charge on any atom is -0.369 e. The molecular weight excluding hydrogens is 216 g/mol. The Bertz CT molecular complexity index is 418. The van der Waals surface area contributed by atoms with E-state index in [0.717, 1.165) is 11.9 Å². The predicted molar refractivity (Wildman–Crippen MR) is 58.1 cm³/mol. The molecule has 0 aromatic carbocycles. The van der Waals surface area contributed by atoms with Crippen molar-refractivity contribution < 1.29 is 8.42 Å². The van der Waals surface area contributed by atoms with Crippen molar-refractivity contribution in [2.45, 2.75) is 6.92 Å². The lowest BCUT2D eigenvalue weighted by Crippen LogP contribution is -2.27. The van der Waals surface area contributed by atoms with E-state index in [0.29, 0.717) is 18.9 Å². The summed E-state index contributed by atoms with van der Waals surface area (Å²) in [6.45, 7) is 2.69. The highest BCUT2D eigenvalue weighted by Crippen LogP contribution is 2.00. The van der Waals surface area contributed by atoms with Crippen LogP contribution in [0.3, 0.4) is 0 Å². The van der Waals surface area contributed by atoms with E-state index in [9.17, 15) is 8.42 Å². The van der Waals surface area contributed by atoms with Gasteiger partial charge in [0.1, 0.15) is 12.1 Å². The van der Waals surface area contributed by atoms with Gasteiger partial charge < -0.3 is 5.32 Å². The van der Waals surface area contributed by atoms with Gasteiger partial charge in [0.05, 0.1) is 6.26 Å². The molecule has 0 saturated heterocycles. The molecule has 1 aromatic heterocycles. The highest BCUT2D eigenvalue weighted by molar-refractivity contribution is 7.88. The second kappa shape index (κ2) is 5.04. The zero-order valence-electron chi connectivity index (χ0n) is 8.69. The van der Waals surface area contributed by atoms with Crippen LogP contribution in [0.25, 0.3) is 0 Å². The molecule has 0 unspecified atom stereocenters. The number of rotatable bonds is 5. The van der Waals surface area contributed by atoms with Gasteiger partial charge in [-0.15, -0.1) is 0 Å². The average Bonchev–Trinajstić information content (AvgIpc) is 2.11. The Morgan fingerprint density at radius 1 is 1.33 bits per heavy atom. The number of hydrogen-bond acceptors (Lipinski definition) is 5. The molecule has 15 heavy (non-hydrogen) atoms. The largest absolute Gasteiger partial charge is 0.369 e. The standard InChI is InChI=1S/C8H14N4O2S/c1-7-5-8(11-6-10-7)9-3-4-12-15(2,13)14/h5-6,12H,3-4H2,1-2H3,(H,9,10,11). The number of sulfonamides is 1. The first-order valence-corrected chi connectivity index (χ1v) is 6.34. The van der Waals surface area contributed by atoms with Crippen LogP contribution < -0.4 is 10.0 Å². The molecule has 6 nitrogen and oxygen atoms in total. The third kappa shape index (κ3) is 5.28. The third-order valence-electron chi connectivity index (χ3n) is 1.60. The summed E-state index contributed by atoms with van der Waals surface area (Å²) in [5.74, 6) is 0.692. The van der Waals surface area contributed by atoms with Crippen LogP contribution in [-0.4, -0.2) is 37.7 Å². The lowest BCUT2D eigenvalue weighted by Gasteiger charge is -2.05. The van der Waals surface area contributed by atoms with Crippen LogP contribution in [0.4, 0.5) is 5.82 Å². The fourth-order valence-electron chi connectivity index (χ4n) is 0.978. The van der Waals surface area contributed by atoms with Crippen LogP contribution in [0.2, 0.25) is 0 Å². The Labute approximate surface area is 89.2 Å². The molecule has 1 rings (SSSR count). The summed E-state index contributed by atoms with van der Waals surface area (Å²) in [6, 6.07) is 1.79. The van der Waals surface area contributed by atoms with E-state index in [1.807, 2.05) is 6.92 Å². The Morgan fingerprint density at radius 2 is 2.07 bits per heavy atom. The first kappa shape index (κ1) is 11.9. The van der Waals surface area contributed by atoms with Gasteiger partial charge in [-0.25, -0.2) is 23.1 Å². The normalized spacial score (nSPS) is 11.3. The molecule has 84 valence electrons. The van der Waals surface area contributed by atoms with Gasteiger partial charge in [0.25, 0.3) is 0 Å². The van der Waals surface area contributed by atoms with Gasteiger partial charge in [0.15, 0.2) is 0 Å². The smallest absolute Gasteiger partial charge is 0.208 e. The van der Waals surface area contributed by atoms with E-state index in [4.69, 9.17) is 0 Å². The zero-order chi connectivity index (χ0) is 11.3. The second-order valence-corrected chi connectivity index (χ2v) is 4.97. The molecule has 0 saturated carbocycles. The van der Waals surface area contributed by atoms with Crippen molar-refractivity contribution in [2.24, 2.45) is 0 Å².